The molecule has 0 amide bonds. The number of hydrogen-bond donors (Lipinski definition) is 1. The lowest BCUT2D eigenvalue weighted by molar-refractivity contribution is 0.213. The van der Waals surface area contributed by atoms with Crippen molar-refractivity contribution in [2.45, 2.75) is 13.0 Å². The minimum Gasteiger partial charge on any atom is -0.493 e. The van der Waals surface area contributed by atoms with E-state index >= 15 is 0 Å². The predicted molar refractivity (Wildman–Crippen MR) is 72.7 cm³/mol. The Labute approximate surface area is 111 Å². The molecule has 4 heteroatoms. The van der Waals surface area contributed by atoms with E-state index in [1.807, 2.05) is 36.6 Å². The van der Waals surface area contributed by atoms with E-state index in [-0.39, 0.29) is 0 Å². The van der Waals surface area contributed by atoms with Crippen LogP contribution in [0.4, 0.5) is 0 Å². The van der Waals surface area contributed by atoms with Gasteiger partial charge in [0.15, 0.2) is 11.5 Å². The molecule has 3 nitrogen and oxygen atoms in total. The van der Waals surface area contributed by atoms with Crippen LogP contribution in [-0.2, 0) is 0 Å². The van der Waals surface area contributed by atoms with Crippen LogP contribution in [-0.4, -0.2) is 19.3 Å². The monoisotopic (exact) mass is 264 g/mol. The molecule has 1 unspecified atom stereocenters. The first-order chi connectivity index (χ1) is 8.69. The van der Waals surface area contributed by atoms with Crippen molar-refractivity contribution >= 4 is 11.3 Å². The summed E-state index contributed by atoms with van der Waals surface area (Å²) in [5, 5.41) is 12.4. The van der Waals surface area contributed by atoms with Gasteiger partial charge < -0.3 is 14.6 Å². The molecular weight excluding hydrogens is 248 g/mol. The minimum atomic E-state index is -0.693. The van der Waals surface area contributed by atoms with E-state index in [0.29, 0.717) is 11.5 Å². The molecule has 1 heterocycles. The molecule has 0 radical (unpaired) electrons. The summed E-state index contributed by atoms with van der Waals surface area (Å²) in [7, 11) is 3.17. The van der Waals surface area contributed by atoms with E-state index in [4.69, 9.17) is 9.47 Å². The number of ether oxygens (including phenoxy) is 2. The SMILES string of the molecule is COc1cccc(C(O)c2ccsc2C)c1OC. The van der Waals surface area contributed by atoms with E-state index in [1.54, 1.807) is 25.6 Å². The third-order valence-corrected chi connectivity index (χ3v) is 3.78. The highest BCUT2D eigenvalue weighted by Crippen LogP contribution is 2.38. The van der Waals surface area contributed by atoms with E-state index < -0.39 is 6.10 Å². The second-order valence-electron chi connectivity index (χ2n) is 3.92. The zero-order chi connectivity index (χ0) is 13.1. The number of hydrogen-bond acceptors (Lipinski definition) is 4. The fourth-order valence-corrected chi connectivity index (χ4v) is 2.71. The summed E-state index contributed by atoms with van der Waals surface area (Å²) >= 11 is 1.62. The number of thiophene rings is 1. The first kappa shape index (κ1) is 12.9. The number of methoxy groups -OCH3 is 2. The molecule has 1 aromatic carbocycles. The van der Waals surface area contributed by atoms with Crippen LogP contribution in [0.2, 0.25) is 0 Å². The van der Waals surface area contributed by atoms with Crippen LogP contribution in [0, 0.1) is 6.92 Å². The van der Waals surface area contributed by atoms with Crippen molar-refractivity contribution in [1.29, 1.82) is 0 Å². The first-order valence-electron chi connectivity index (χ1n) is 5.62. The lowest BCUT2D eigenvalue weighted by Crippen LogP contribution is -2.03. The molecule has 1 aromatic heterocycles. The lowest BCUT2D eigenvalue weighted by atomic mass is 10.0. The van der Waals surface area contributed by atoms with E-state index in [2.05, 4.69) is 0 Å². The summed E-state index contributed by atoms with van der Waals surface area (Å²) < 4.78 is 10.6. The van der Waals surface area contributed by atoms with Crippen LogP contribution in [0.25, 0.3) is 0 Å². The molecule has 0 bridgehead atoms. The third kappa shape index (κ3) is 2.21. The van der Waals surface area contributed by atoms with Gasteiger partial charge in [-0.3, -0.25) is 0 Å². The molecule has 96 valence electrons. The van der Waals surface area contributed by atoms with Crippen LogP contribution in [0.5, 0.6) is 11.5 Å². The largest absolute Gasteiger partial charge is 0.493 e. The Balaban J connectivity index is 2.48. The van der Waals surface area contributed by atoms with Gasteiger partial charge in [-0.2, -0.15) is 0 Å². The highest BCUT2D eigenvalue weighted by atomic mass is 32.1. The van der Waals surface area contributed by atoms with E-state index in [1.165, 1.54) is 0 Å². The number of aliphatic hydroxyl groups excluding tert-OH is 1. The van der Waals surface area contributed by atoms with Gasteiger partial charge in [0.25, 0.3) is 0 Å². The molecule has 18 heavy (non-hydrogen) atoms. The Morgan fingerprint density at radius 3 is 2.44 bits per heavy atom. The van der Waals surface area contributed by atoms with Crippen molar-refractivity contribution in [2.24, 2.45) is 0 Å². The Morgan fingerprint density at radius 1 is 1.11 bits per heavy atom. The van der Waals surface area contributed by atoms with Gasteiger partial charge >= 0.3 is 0 Å². The molecule has 2 rings (SSSR count). The van der Waals surface area contributed by atoms with Gasteiger partial charge in [0, 0.05) is 10.4 Å². The molecule has 0 aliphatic carbocycles. The van der Waals surface area contributed by atoms with E-state index in [0.717, 1.165) is 16.0 Å². The average Bonchev–Trinajstić information content (AvgIpc) is 2.83. The van der Waals surface area contributed by atoms with Crippen LogP contribution >= 0.6 is 11.3 Å². The second kappa shape index (κ2) is 5.42. The Morgan fingerprint density at radius 2 is 1.89 bits per heavy atom. The molecule has 1 N–H and O–H groups in total. The number of aryl methyl sites for hydroxylation is 1. The maximum absolute atomic E-state index is 10.5. The molecule has 2 aromatic rings. The van der Waals surface area contributed by atoms with Gasteiger partial charge in [-0.15, -0.1) is 11.3 Å². The van der Waals surface area contributed by atoms with E-state index in [9.17, 15) is 5.11 Å². The molecular formula is C14H16O3S. The molecule has 0 aliphatic heterocycles. The molecule has 0 saturated carbocycles. The van der Waals surface area contributed by atoms with Crippen LogP contribution in [0.1, 0.15) is 22.1 Å². The van der Waals surface area contributed by atoms with Crippen molar-refractivity contribution in [2.75, 3.05) is 14.2 Å². The summed E-state index contributed by atoms with van der Waals surface area (Å²) in [5.41, 5.74) is 1.63. The maximum atomic E-state index is 10.5. The highest BCUT2D eigenvalue weighted by Gasteiger charge is 2.20. The van der Waals surface area contributed by atoms with Gasteiger partial charge in [-0.25, -0.2) is 0 Å². The summed E-state index contributed by atoms with van der Waals surface area (Å²) in [6, 6.07) is 7.45. The Hall–Kier alpha value is -1.52. The fraction of sp³-hybridized carbons (Fsp3) is 0.286. The van der Waals surface area contributed by atoms with Crippen molar-refractivity contribution in [3.63, 3.8) is 0 Å². The molecule has 1 atom stereocenters. The molecule has 0 aliphatic rings. The zero-order valence-electron chi connectivity index (χ0n) is 10.6. The van der Waals surface area contributed by atoms with Crippen molar-refractivity contribution < 1.29 is 14.6 Å². The molecule has 0 fully saturated rings. The van der Waals surface area contributed by atoms with Crippen molar-refractivity contribution in [3.05, 3.63) is 45.6 Å². The maximum Gasteiger partial charge on any atom is 0.166 e. The lowest BCUT2D eigenvalue weighted by Gasteiger charge is -2.17. The van der Waals surface area contributed by atoms with Gasteiger partial charge in [0.2, 0.25) is 0 Å². The summed E-state index contributed by atoms with van der Waals surface area (Å²) in [4.78, 5) is 1.10. The summed E-state index contributed by atoms with van der Waals surface area (Å²) in [6.07, 6.45) is -0.693. The molecule has 0 saturated heterocycles. The summed E-state index contributed by atoms with van der Waals surface area (Å²) in [6.45, 7) is 2.00. The normalized spacial score (nSPS) is 12.2. The van der Waals surface area contributed by atoms with Crippen LogP contribution < -0.4 is 9.47 Å². The smallest absolute Gasteiger partial charge is 0.166 e. The van der Waals surface area contributed by atoms with Gasteiger partial charge in [0.1, 0.15) is 6.10 Å². The quantitative estimate of drug-likeness (QED) is 0.922. The highest BCUT2D eigenvalue weighted by molar-refractivity contribution is 7.10. The zero-order valence-corrected chi connectivity index (χ0v) is 11.5. The van der Waals surface area contributed by atoms with Crippen LogP contribution in [0.3, 0.4) is 0 Å². The van der Waals surface area contributed by atoms with Crippen molar-refractivity contribution in [3.8, 4) is 11.5 Å². The van der Waals surface area contributed by atoms with Gasteiger partial charge in [-0.05, 0) is 30.0 Å². The fourth-order valence-electron chi connectivity index (χ4n) is 1.97. The minimum absolute atomic E-state index is 0.582. The first-order valence-corrected chi connectivity index (χ1v) is 6.50. The van der Waals surface area contributed by atoms with Gasteiger partial charge in [-0.1, -0.05) is 12.1 Å². The van der Waals surface area contributed by atoms with Crippen LogP contribution in [0.15, 0.2) is 29.6 Å². The van der Waals surface area contributed by atoms with Gasteiger partial charge in [0.05, 0.1) is 14.2 Å². The number of aliphatic hydroxyl groups is 1. The Kier molecular flexibility index (Phi) is 3.89. The second-order valence-corrected chi connectivity index (χ2v) is 5.04. The summed E-state index contributed by atoms with van der Waals surface area (Å²) in [5.74, 6) is 1.21. The number of rotatable bonds is 4. The molecule has 0 spiro atoms. The number of para-hydroxylation sites is 1. The third-order valence-electron chi connectivity index (χ3n) is 2.92. The predicted octanol–water partition coefficient (Wildman–Crippen LogP) is 3.16. The van der Waals surface area contributed by atoms with Crippen molar-refractivity contribution in [1.82, 2.24) is 0 Å². The average molecular weight is 264 g/mol. The Bertz CT molecular complexity index is 534. The standard InChI is InChI=1S/C14H16O3S/c1-9-10(7-8-18-9)13(15)11-5-4-6-12(16-2)14(11)17-3/h4-8,13,15H,1-3H3. The number of benzene rings is 1. The topological polar surface area (TPSA) is 38.7 Å².